The van der Waals surface area contributed by atoms with E-state index in [1.807, 2.05) is 25.1 Å². The molecule has 0 fully saturated rings. The van der Waals surface area contributed by atoms with Gasteiger partial charge in [0.2, 0.25) is 0 Å². The number of carbonyl (C=O) groups excluding carboxylic acids is 1. The van der Waals surface area contributed by atoms with E-state index in [1.165, 1.54) is 36.4 Å². The van der Waals surface area contributed by atoms with Crippen LogP contribution in [0.1, 0.15) is 32.3 Å². The summed E-state index contributed by atoms with van der Waals surface area (Å²) in [5.74, 6) is 0.614. The lowest BCUT2D eigenvalue weighted by Crippen LogP contribution is -2.40. The molecule has 0 heterocycles. The Morgan fingerprint density at radius 2 is 1.61 bits per heavy atom. The summed E-state index contributed by atoms with van der Waals surface area (Å²) in [7, 11) is -4.22. The topological polar surface area (TPSA) is 72.9 Å². The molecule has 0 unspecified atom stereocenters. The van der Waals surface area contributed by atoms with Crippen molar-refractivity contribution in [2.24, 2.45) is 0 Å². The molecule has 8 heteroatoms. The van der Waals surface area contributed by atoms with Crippen molar-refractivity contribution in [2.75, 3.05) is 17.5 Å². The highest BCUT2D eigenvalue weighted by molar-refractivity contribution is 7.93. The highest BCUT2D eigenvalue weighted by Crippen LogP contribution is 2.27. The first kappa shape index (κ1) is 24.6. The van der Waals surface area contributed by atoms with Crippen LogP contribution in [0, 0.1) is 0 Å². The zero-order valence-corrected chi connectivity index (χ0v) is 20.3. The van der Waals surface area contributed by atoms with Gasteiger partial charge >= 0.3 is 0 Å². The number of halogens is 1. The summed E-state index contributed by atoms with van der Waals surface area (Å²) in [4.78, 5) is 13.1. The summed E-state index contributed by atoms with van der Waals surface area (Å²) in [5, 5.41) is 0.390. The fraction of sp³-hybridized carbons (Fsp3) is 0.240. The minimum absolute atomic E-state index is 0.0593. The predicted octanol–water partition coefficient (Wildman–Crippen LogP) is 5.66. The monoisotopic (exact) mass is 487 g/mol. The number of rotatable bonds is 9. The Labute approximate surface area is 199 Å². The molecule has 0 bridgehead atoms. The van der Waals surface area contributed by atoms with Crippen LogP contribution in [-0.2, 0) is 14.8 Å². The van der Waals surface area contributed by atoms with Gasteiger partial charge in [-0.2, -0.15) is 4.31 Å². The van der Waals surface area contributed by atoms with Crippen LogP contribution in [0.4, 0.5) is 5.69 Å². The maximum absolute atomic E-state index is 13.4. The van der Waals surface area contributed by atoms with Crippen molar-refractivity contribution in [1.29, 1.82) is 0 Å². The van der Waals surface area contributed by atoms with E-state index in [4.69, 9.17) is 21.1 Å². The second-order valence-corrected chi connectivity index (χ2v) is 9.78. The summed E-state index contributed by atoms with van der Waals surface area (Å²) in [6, 6.07) is 19.3. The van der Waals surface area contributed by atoms with E-state index in [9.17, 15) is 13.2 Å². The van der Waals surface area contributed by atoms with Crippen LogP contribution in [0.5, 0.6) is 11.5 Å². The smallest absolute Gasteiger partial charge is 0.278 e. The number of nitrogens with zero attached hydrogens (tertiary/aromatic N) is 1. The molecule has 3 aromatic rings. The van der Waals surface area contributed by atoms with Gasteiger partial charge in [0.05, 0.1) is 17.2 Å². The van der Waals surface area contributed by atoms with E-state index in [-0.39, 0.29) is 16.5 Å². The lowest BCUT2D eigenvalue weighted by atomic mass is 10.0. The van der Waals surface area contributed by atoms with Gasteiger partial charge in [-0.1, -0.05) is 37.6 Å². The number of hydrogen-bond donors (Lipinski definition) is 0. The summed E-state index contributed by atoms with van der Waals surface area (Å²) in [6.07, 6.45) is 0. The lowest BCUT2D eigenvalue weighted by Gasteiger charge is -2.23. The van der Waals surface area contributed by atoms with E-state index < -0.39 is 22.5 Å². The molecule has 0 aliphatic rings. The maximum atomic E-state index is 13.4. The molecule has 0 N–H and O–H groups in total. The van der Waals surface area contributed by atoms with Gasteiger partial charge in [-0.05, 0) is 79.1 Å². The standard InChI is InChI=1S/C25H26ClNO5S/c1-4-31-22-12-10-21(11-13-22)27(33(29,30)24-14-8-20(26)9-15-24)25(28)17-32-23-7-5-6-19(16-23)18(2)3/h5-16,18H,4,17H2,1-3H3. The van der Waals surface area contributed by atoms with Gasteiger partial charge in [0.25, 0.3) is 15.9 Å². The highest BCUT2D eigenvalue weighted by Gasteiger charge is 2.31. The first-order valence-electron chi connectivity index (χ1n) is 10.5. The number of amides is 1. The van der Waals surface area contributed by atoms with E-state index in [0.717, 1.165) is 9.87 Å². The molecule has 0 saturated heterocycles. The molecule has 0 aromatic heterocycles. The van der Waals surface area contributed by atoms with Gasteiger partial charge in [0.1, 0.15) is 11.5 Å². The average Bonchev–Trinajstić information content (AvgIpc) is 2.79. The third kappa shape index (κ3) is 6.06. The van der Waals surface area contributed by atoms with Gasteiger partial charge in [0, 0.05) is 5.02 Å². The second kappa shape index (κ2) is 10.7. The Balaban J connectivity index is 1.93. The predicted molar refractivity (Wildman–Crippen MR) is 130 cm³/mol. The number of anilines is 1. The van der Waals surface area contributed by atoms with Crippen molar-refractivity contribution >= 4 is 33.2 Å². The van der Waals surface area contributed by atoms with Gasteiger partial charge < -0.3 is 9.47 Å². The van der Waals surface area contributed by atoms with Crippen LogP contribution in [-0.4, -0.2) is 27.5 Å². The molecule has 3 rings (SSSR count). The van der Waals surface area contributed by atoms with Crippen LogP contribution in [0.3, 0.4) is 0 Å². The molecular formula is C25H26ClNO5S. The Bertz CT molecular complexity index is 1190. The molecule has 0 atom stereocenters. The number of benzene rings is 3. The Kier molecular flexibility index (Phi) is 8.00. The second-order valence-electron chi connectivity index (χ2n) is 7.56. The Hall–Kier alpha value is -3.03. The quantitative estimate of drug-likeness (QED) is 0.389. The van der Waals surface area contributed by atoms with E-state index in [2.05, 4.69) is 13.8 Å². The third-order valence-corrected chi connectivity index (χ3v) is 6.86. The fourth-order valence-corrected chi connectivity index (χ4v) is 4.68. The molecule has 174 valence electrons. The molecule has 6 nitrogen and oxygen atoms in total. The van der Waals surface area contributed by atoms with Crippen LogP contribution in [0.15, 0.2) is 77.7 Å². The Morgan fingerprint density at radius 3 is 2.21 bits per heavy atom. The minimum Gasteiger partial charge on any atom is -0.494 e. The molecule has 0 saturated carbocycles. The van der Waals surface area contributed by atoms with Crippen molar-refractivity contribution in [3.8, 4) is 11.5 Å². The third-order valence-electron chi connectivity index (χ3n) is 4.85. The van der Waals surface area contributed by atoms with Crippen molar-refractivity contribution < 1.29 is 22.7 Å². The molecule has 0 aliphatic carbocycles. The van der Waals surface area contributed by atoms with Gasteiger partial charge in [0.15, 0.2) is 6.61 Å². The van der Waals surface area contributed by atoms with Crippen molar-refractivity contribution in [2.45, 2.75) is 31.6 Å². The number of carbonyl (C=O) groups is 1. The average molecular weight is 488 g/mol. The molecular weight excluding hydrogens is 462 g/mol. The fourth-order valence-electron chi connectivity index (χ4n) is 3.14. The minimum atomic E-state index is -4.22. The number of sulfonamides is 1. The molecule has 0 spiro atoms. The van der Waals surface area contributed by atoms with E-state index in [1.54, 1.807) is 18.2 Å². The molecule has 33 heavy (non-hydrogen) atoms. The van der Waals surface area contributed by atoms with Crippen molar-refractivity contribution in [3.63, 3.8) is 0 Å². The van der Waals surface area contributed by atoms with E-state index in [0.29, 0.717) is 23.1 Å². The van der Waals surface area contributed by atoms with Crippen molar-refractivity contribution in [1.82, 2.24) is 0 Å². The van der Waals surface area contributed by atoms with Gasteiger partial charge in [-0.3, -0.25) is 4.79 Å². The maximum Gasteiger partial charge on any atom is 0.278 e. The summed E-state index contributed by atoms with van der Waals surface area (Å²) in [6.45, 7) is 5.96. The lowest BCUT2D eigenvalue weighted by molar-refractivity contribution is -0.119. The van der Waals surface area contributed by atoms with Crippen LogP contribution in [0.25, 0.3) is 0 Å². The molecule has 0 radical (unpaired) electrons. The normalized spacial score (nSPS) is 11.3. The van der Waals surface area contributed by atoms with Crippen molar-refractivity contribution in [3.05, 3.63) is 83.4 Å². The summed E-state index contributed by atoms with van der Waals surface area (Å²) < 4.78 is 38.7. The molecule has 3 aromatic carbocycles. The SMILES string of the molecule is CCOc1ccc(N(C(=O)COc2cccc(C(C)C)c2)S(=O)(=O)c2ccc(Cl)cc2)cc1. The number of hydrogen-bond acceptors (Lipinski definition) is 5. The zero-order chi connectivity index (χ0) is 24.0. The highest BCUT2D eigenvalue weighted by atomic mass is 35.5. The van der Waals surface area contributed by atoms with Crippen LogP contribution < -0.4 is 13.8 Å². The van der Waals surface area contributed by atoms with Gasteiger partial charge in [-0.15, -0.1) is 0 Å². The van der Waals surface area contributed by atoms with Crippen LogP contribution in [0.2, 0.25) is 5.02 Å². The van der Waals surface area contributed by atoms with E-state index >= 15 is 0 Å². The van der Waals surface area contributed by atoms with Crippen LogP contribution >= 0.6 is 11.6 Å². The largest absolute Gasteiger partial charge is 0.494 e. The first-order valence-corrected chi connectivity index (χ1v) is 12.3. The Morgan fingerprint density at radius 1 is 0.939 bits per heavy atom. The number of ether oxygens (including phenoxy) is 2. The first-order chi connectivity index (χ1) is 15.7. The molecule has 1 amide bonds. The zero-order valence-electron chi connectivity index (χ0n) is 18.7. The summed E-state index contributed by atoms with van der Waals surface area (Å²) in [5.41, 5.74) is 1.23. The van der Waals surface area contributed by atoms with Gasteiger partial charge in [-0.25, -0.2) is 8.42 Å². The molecule has 0 aliphatic heterocycles. The summed E-state index contributed by atoms with van der Waals surface area (Å²) >= 11 is 5.91.